The molecule has 0 aliphatic carbocycles. The van der Waals surface area contributed by atoms with E-state index in [0.717, 1.165) is 5.56 Å². The predicted octanol–water partition coefficient (Wildman–Crippen LogP) is 4.58. The van der Waals surface area contributed by atoms with Gasteiger partial charge in [0, 0.05) is 35.9 Å². The molecule has 0 amide bonds. The molecular formula is C21H20ClF2NO4. The lowest BCUT2D eigenvalue weighted by Crippen LogP contribution is -2.33. The molecule has 2 atom stereocenters. The second kappa shape index (κ2) is 6.55. The third kappa shape index (κ3) is 3.12. The van der Waals surface area contributed by atoms with Gasteiger partial charge < -0.3 is 14.4 Å². The maximum atomic E-state index is 13.3. The van der Waals surface area contributed by atoms with Gasteiger partial charge in [0.05, 0.1) is 10.7 Å². The molecule has 2 aromatic rings. The van der Waals surface area contributed by atoms with Gasteiger partial charge in [0.15, 0.2) is 11.5 Å². The zero-order chi connectivity index (χ0) is 21.2. The maximum absolute atomic E-state index is 13.3. The van der Waals surface area contributed by atoms with Crippen LogP contribution in [0.5, 0.6) is 5.75 Å². The number of hydrogen-bond acceptors (Lipinski definition) is 3. The van der Waals surface area contributed by atoms with E-state index < -0.39 is 23.9 Å². The molecule has 1 aromatic heterocycles. The van der Waals surface area contributed by atoms with Gasteiger partial charge in [0.25, 0.3) is 6.43 Å². The van der Waals surface area contributed by atoms with Crippen LogP contribution >= 0.6 is 11.6 Å². The van der Waals surface area contributed by atoms with E-state index in [4.69, 9.17) is 16.3 Å². The smallest absolute Gasteiger partial charge is 0.341 e. The van der Waals surface area contributed by atoms with Gasteiger partial charge >= 0.3 is 5.97 Å². The molecule has 3 heterocycles. The van der Waals surface area contributed by atoms with Crippen LogP contribution in [0.1, 0.15) is 48.3 Å². The summed E-state index contributed by atoms with van der Waals surface area (Å²) < 4.78 is 33.8. The van der Waals surface area contributed by atoms with Crippen LogP contribution in [-0.2, 0) is 12.8 Å². The van der Waals surface area contributed by atoms with Crippen molar-refractivity contribution in [3.05, 3.63) is 50.3 Å². The van der Waals surface area contributed by atoms with E-state index in [9.17, 15) is 23.5 Å². The van der Waals surface area contributed by atoms with E-state index >= 15 is 0 Å². The third-order valence-electron chi connectivity index (χ3n) is 5.73. The summed E-state index contributed by atoms with van der Waals surface area (Å²) in [4.78, 5) is 23.9. The average Bonchev–Trinajstić information content (AvgIpc) is 3.06. The first-order chi connectivity index (χ1) is 13.5. The monoisotopic (exact) mass is 423 g/mol. The van der Waals surface area contributed by atoms with Crippen LogP contribution in [0.25, 0.3) is 11.3 Å². The highest BCUT2D eigenvalue weighted by Crippen LogP contribution is 2.49. The number of carboxylic acid groups (broad SMARTS) is 1. The molecule has 0 bridgehead atoms. The highest BCUT2D eigenvalue weighted by atomic mass is 35.5. The summed E-state index contributed by atoms with van der Waals surface area (Å²) >= 11 is 6.34. The number of ether oxygens (including phenoxy) is 1. The molecule has 2 unspecified atom stereocenters. The second-order valence-corrected chi connectivity index (χ2v) is 9.03. The Bertz CT molecular complexity index is 1090. The highest BCUT2D eigenvalue weighted by Gasteiger charge is 2.40. The summed E-state index contributed by atoms with van der Waals surface area (Å²) in [7, 11) is 0. The number of halogens is 3. The number of hydrogen-bond donors (Lipinski definition) is 1. The number of aromatic carboxylic acids is 1. The molecule has 1 N–H and O–H groups in total. The average molecular weight is 424 g/mol. The summed E-state index contributed by atoms with van der Waals surface area (Å²) in [5, 5.41) is 9.59. The predicted molar refractivity (Wildman–Crippen MR) is 104 cm³/mol. The van der Waals surface area contributed by atoms with Crippen molar-refractivity contribution in [1.82, 2.24) is 4.57 Å². The molecule has 0 spiro atoms. The van der Waals surface area contributed by atoms with Crippen molar-refractivity contribution in [2.45, 2.75) is 52.2 Å². The number of pyridine rings is 1. The lowest BCUT2D eigenvalue weighted by Gasteiger charge is -2.39. The summed E-state index contributed by atoms with van der Waals surface area (Å²) in [6, 6.07) is 2.73. The Hall–Kier alpha value is -2.41. The molecule has 5 nitrogen and oxygen atoms in total. The van der Waals surface area contributed by atoms with E-state index in [0.29, 0.717) is 23.2 Å². The summed E-state index contributed by atoms with van der Waals surface area (Å²) in [5.74, 6) is -1.01. The van der Waals surface area contributed by atoms with E-state index in [1.54, 1.807) is 10.6 Å². The van der Waals surface area contributed by atoms with E-state index in [1.165, 1.54) is 12.3 Å². The van der Waals surface area contributed by atoms with Crippen molar-refractivity contribution in [3.63, 3.8) is 0 Å². The first kappa shape index (κ1) is 19.9. The zero-order valence-electron chi connectivity index (χ0n) is 16.1. The van der Waals surface area contributed by atoms with Crippen molar-refractivity contribution in [1.29, 1.82) is 0 Å². The lowest BCUT2D eigenvalue weighted by atomic mass is 9.77. The summed E-state index contributed by atoms with van der Waals surface area (Å²) in [5.41, 5.74) is 1.46. The summed E-state index contributed by atoms with van der Waals surface area (Å²) in [6.07, 6.45) is -1.97. The molecule has 8 heteroatoms. The fraction of sp³-hybridized carbons (Fsp3) is 0.429. The first-order valence-electron chi connectivity index (χ1n) is 9.28. The van der Waals surface area contributed by atoms with Crippen molar-refractivity contribution >= 4 is 17.6 Å². The van der Waals surface area contributed by atoms with E-state index in [1.807, 2.05) is 20.8 Å². The Morgan fingerprint density at radius 3 is 2.55 bits per heavy atom. The lowest BCUT2D eigenvalue weighted by molar-refractivity contribution is 0.0246. The Labute approximate surface area is 170 Å². The van der Waals surface area contributed by atoms with Crippen molar-refractivity contribution in [2.75, 3.05) is 0 Å². The molecule has 2 aliphatic heterocycles. The molecule has 29 heavy (non-hydrogen) atoms. The number of rotatable bonds is 2. The number of aromatic nitrogens is 1. The standard InChI is InChI=1S/C21H20ClF2NO4/c1-21(2,3)17-6-9-10(14-7-15(26)12(20(27)28)8-25(14)17)4-13(22)18-11(9)5-16(29-18)19(23)24/h4,7-8,16-17,19H,5-6H2,1-3H3,(H,27,28). The van der Waals surface area contributed by atoms with Crippen LogP contribution < -0.4 is 10.2 Å². The number of nitrogens with zero attached hydrogens (tertiary/aromatic N) is 1. The van der Waals surface area contributed by atoms with Crippen LogP contribution in [-0.4, -0.2) is 28.2 Å². The minimum atomic E-state index is -2.64. The van der Waals surface area contributed by atoms with Crippen LogP contribution in [0, 0.1) is 5.41 Å². The minimum absolute atomic E-state index is 0.0458. The van der Waals surface area contributed by atoms with E-state index in [-0.39, 0.29) is 34.2 Å². The van der Waals surface area contributed by atoms with Gasteiger partial charge in [-0.2, -0.15) is 0 Å². The minimum Gasteiger partial charge on any atom is -0.482 e. The third-order valence-corrected chi connectivity index (χ3v) is 6.01. The van der Waals surface area contributed by atoms with Crippen LogP contribution in [0.3, 0.4) is 0 Å². The van der Waals surface area contributed by atoms with Crippen LogP contribution in [0.15, 0.2) is 23.1 Å². The Morgan fingerprint density at radius 2 is 1.97 bits per heavy atom. The molecule has 154 valence electrons. The number of carboxylic acids is 1. The quantitative estimate of drug-likeness (QED) is 0.767. The molecule has 1 aromatic carbocycles. The molecule has 0 fully saturated rings. The van der Waals surface area contributed by atoms with Gasteiger partial charge in [0.1, 0.15) is 11.3 Å². The van der Waals surface area contributed by atoms with Crippen molar-refractivity contribution in [2.24, 2.45) is 5.41 Å². The topological polar surface area (TPSA) is 68.5 Å². The van der Waals surface area contributed by atoms with Gasteiger partial charge in [-0.25, -0.2) is 13.6 Å². The molecular weight excluding hydrogens is 404 g/mol. The fourth-order valence-corrected chi connectivity index (χ4v) is 4.53. The van der Waals surface area contributed by atoms with Crippen molar-refractivity contribution in [3.8, 4) is 17.0 Å². The first-order valence-corrected chi connectivity index (χ1v) is 9.65. The fourth-order valence-electron chi connectivity index (χ4n) is 4.26. The molecule has 0 saturated carbocycles. The SMILES string of the molecule is CC(C)(C)C1Cc2c(cc(Cl)c3c2CC(C(F)F)O3)-c2cc(=O)c(C(=O)O)cn21. The van der Waals surface area contributed by atoms with Crippen molar-refractivity contribution < 1.29 is 23.4 Å². The molecule has 0 radical (unpaired) electrons. The van der Waals surface area contributed by atoms with Gasteiger partial charge in [-0.1, -0.05) is 32.4 Å². The van der Waals surface area contributed by atoms with Gasteiger partial charge in [-0.15, -0.1) is 0 Å². The van der Waals surface area contributed by atoms with Crippen LogP contribution in [0.4, 0.5) is 8.78 Å². The largest absolute Gasteiger partial charge is 0.482 e. The Morgan fingerprint density at radius 1 is 1.28 bits per heavy atom. The molecule has 2 aliphatic rings. The number of alkyl halides is 2. The highest BCUT2D eigenvalue weighted by molar-refractivity contribution is 6.32. The zero-order valence-corrected chi connectivity index (χ0v) is 16.9. The number of fused-ring (bicyclic) bond motifs is 5. The Kier molecular flexibility index (Phi) is 4.49. The summed E-state index contributed by atoms with van der Waals surface area (Å²) in [6.45, 7) is 6.04. The normalized spacial score (nSPS) is 20.1. The number of benzene rings is 1. The number of carbonyl (C=O) groups is 1. The second-order valence-electron chi connectivity index (χ2n) is 8.62. The van der Waals surface area contributed by atoms with Gasteiger partial charge in [-0.05, 0) is 23.5 Å². The van der Waals surface area contributed by atoms with Crippen LogP contribution in [0.2, 0.25) is 5.02 Å². The maximum Gasteiger partial charge on any atom is 0.341 e. The van der Waals surface area contributed by atoms with E-state index in [2.05, 4.69) is 0 Å². The van der Waals surface area contributed by atoms with Gasteiger partial charge in [-0.3, -0.25) is 4.79 Å². The molecule has 4 rings (SSSR count). The molecule has 0 saturated heterocycles. The van der Waals surface area contributed by atoms with Gasteiger partial charge in [0.2, 0.25) is 0 Å². The Balaban J connectivity index is 1.99.